The molecule has 5 nitrogen and oxygen atoms in total. The fourth-order valence-corrected chi connectivity index (χ4v) is 4.35. The number of pyridine rings is 1. The maximum atomic E-state index is 14.4. The molecule has 0 amide bonds. The summed E-state index contributed by atoms with van der Waals surface area (Å²) >= 11 is 0. The molecule has 8 heteroatoms. The van der Waals surface area contributed by atoms with Crippen LogP contribution < -0.4 is 5.56 Å². The van der Waals surface area contributed by atoms with Gasteiger partial charge in [-0.05, 0) is 43.4 Å². The molecule has 1 spiro atoms. The minimum atomic E-state index is -1.86. The van der Waals surface area contributed by atoms with Gasteiger partial charge in [0.1, 0.15) is 5.56 Å². The van der Waals surface area contributed by atoms with Gasteiger partial charge < -0.3 is 14.6 Å². The molecule has 2 aliphatic rings. The van der Waals surface area contributed by atoms with Crippen LogP contribution in [0.4, 0.5) is 4.39 Å². The Balaban J connectivity index is 1.81. The van der Waals surface area contributed by atoms with Gasteiger partial charge in [0, 0.05) is 19.6 Å². The number of likely N-dealkylation sites (tertiary alicyclic amines) is 1. The van der Waals surface area contributed by atoms with Crippen molar-refractivity contribution in [1.29, 1.82) is 0 Å². The summed E-state index contributed by atoms with van der Waals surface area (Å²) in [6.45, 7) is 2.94. The molecule has 0 bridgehead atoms. The topological polar surface area (TPSA) is 62.5 Å². The normalized spacial score (nSPS) is 20.3. The Labute approximate surface area is 145 Å². The monoisotopic (exact) mass is 372 g/mol. The zero-order valence-corrected chi connectivity index (χ0v) is 15.8. The molecule has 2 unspecified atom stereocenters. The van der Waals surface area contributed by atoms with Gasteiger partial charge in [0.25, 0.3) is 5.56 Å². The maximum Gasteiger partial charge on any atom is 0.341 e. The van der Waals surface area contributed by atoms with Crippen molar-refractivity contribution < 1.29 is 14.3 Å². The molecule has 1 aromatic rings. The molecule has 1 aliphatic heterocycles. The lowest BCUT2D eigenvalue weighted by molar-refractivity contribution is 0.0694. The first-order valence-corrected chi connectivity index (χ1v) is 9.34. The van der Waals surface area contributed by atoms with Crippen molar-refractivity contribution in [2.45, 2.75) is 37.4 Å². The lowest BCUT2D eigenvalue weighted by Crippen LogP contribution is -2.37. The molecule has 3 rings (SSSR count). The summed E-state index contributed by atoms with van der Waals surface area (Å²) in [5.74, 6) is -1.29. The zero-order valence-electron chi connectivity index (χ0n) is 13.5. The number of nitrogens with zero attached hydrogens (tertiary/aromatic N) is 2. The van der Waals surface area contributed by atoms with Crippen molar-refractivity contribution in [3.63, 3.8) is 0 Å². The molecular weight excluding hydrogens is 349 g/mol. The zero-order chi connectivity index (χ0) is 17.5. The van der Waals surface area contributed by atoms with E-state index in [0.29, 0.717) is 18.5 Å². The van der Waals surface area contributed by atoms with E-state index in [4.69, 9.17) is 5.11 Å². The molecule has 132 valence electrons. The van der Waals surface area contributed by atoms with E-state index >= 15 is 0 Å². The minimum absolute atomic E-state index is 0.157. The standard InChI is InChI=1S/C16H23FN2O3P2/c17-16(23,24)12-3-2-11(14(21)22)13(20)19(12)9-8-18-7-6-15(10-18)4-1-5-15/h2-3H,1,4-10,23-24H2,(H,21,22). The fraction of sp³-hybridized carbons (Fsp3) is 0.625. The molecule has 1 aliphatic carbocycles. The smallest absolute Gasteiger partial charge is 0.341 e. The Morgan fingerprint density at radius 1 is 1.29 bits per heavy atom. The Bertz CT molecular complexity index is 710. The third-order valence-electron chi connectivity index (χ3n) is 5.37. The Hall–Kier alpha value is -0.830. The van der Waals surface area contributed by atoms with Crippen LogP contribution in [0.3, 0.4) is 0 Å². The summed E-state index contributed by atoms with van der Waals surface area (Å²) in [6.07, 6.45) is 5.02. The van der Waals surface area contributed by atoms with Gasteiger partial charge in [0.05, 0.1) is 5.69 Å². The van der Waals surface area contributed by atoms with Gasteiger partial charge in [-0.2, -0.15) is 0 Å². The highest BCUT2D eigenvalue weighted by atomic mass is 31.1. The summed E-state index contributed by atoms with van der Waals surface area (Å²) in [6, 6.07) is 2.56. The SMILES string of the molecule is O=C(O)c1ccc(C(F)(P)P)n(CCN2CCC3(CCC3)C2)c1=O. The molecule has 2 fully saturated rings. The number of aromatic carboxylic acids is 1. The molecule has 1 N–H and O–H groups in total. The van der Waals surface area contributed by atoms with E-state index in [1.54, 1.807) is 0 Å². The highest BCUT2D eigenvalue weighted by molar-refractivity contribution is 7.38. The van der Waals surface area contributed by atoms with Gasteiger partial charge in [-0.25, -0.2) is 9.18 Å². The predicted octanol–water partition coefficient (Wildman–Crippen LogP) is 2.25. The molecule has 24 heavy (non-hydrogen) atoms. The Kier molecular flexibility index (Phi) is 4.85. The van der Waals surface area contributed by atoms with Gasteiger partial charge in [0.15, 0.2) is 5.15 Å². The molecule has 0 radical (unpaired) electrons. The van der Waals surface area contributed by atoms with Crippen molar-refractivity contribution in [1.82, 2.24) is 9.47 Å². The number of carboxylic acid groups (broad SMARTS) is 1. The third kappa shape index (κ3) is 3.42. The number of halogens is 1. The van der Waals surface area contributed by atoms with Crippen LogP contribution in [-0.2, 0) is 11.7 Å². The van der Waals surface area contributed by atoms with Crippen LogP contribution in [0.2, 0.25) is 0 Å². The van der Waals surface area contributed by atoms with Crippen LogP contribution in [0, 0.1) is 5.41 Å². The van der Waals surface area contributed by atoms with Gasteiger partial charge in [-0.15, -0.1) is 0 Å². The summed E-state index contributed by atoms with van der Waals surface area (Å²) in [7, 11) is 4.08. The maximum absolute atomic E-state index is 14.4. The summed E-state index contributed by atoms with van der Waals surface area (Å²) in [5.41, 5.74) is -0.355. The first kappa shape index (κ1) is 18.0. The van der Waals surface area contributed by atoms with E-state index in [1.165, 1.54) is 42.4 Å². The average Bonchev–Trinajstić information content (AvgIpc) is 2.89. The van der Waals surface area contributed by atoms with Crippen LogP contribution in [0.1, 0.15) is 41.7 Å². The summed E-state index contributed by atoms with van der Waals surface area (Å²) in [4.78, 5) is 26.0. The van der Waals surface area contributed by atoms with Crippen molar-refractivity contribution in [3.8, 4) is 0 Å². The fourth-order valence-electron chi connectivity index (χ4n) is 3.84. The van der Waals surface area contributed by atoms with E-state index in [-0.39, 0.29) is 11.3 Å². The molecule has 2 heterocycles. The second-order valence-corrected chi connectivity index (χ2v) is 9.39. The Morgan fingerprint density at radius 2 is 2.00 bits per heavy atom. The van der Waals surface area contributed by atoms with Crippen molar-refractivity contribution >= 4 is 24.4 Å². The lowest BCUT2D eigenvalue weighted by atomic mass is 9.68. The number of carboxylic acids is 1. The van der Waals surface area contributed by atoms with E-state index in [0.717, 1.165) is 13.1 Å². The minimum Gasteiger partial charge on any atom is -0.477 e. The highest BCUT2D eigenvalue weighted by Crippen LogP contribution is 2.47. The quantitative estimate of drug-likeness (QED) is 0.806. The number of hydrogen-bond acceptors (Lipinski definition) is 3. The Morgan fingerprint density at radius 3 is 2.50 bits per heavy atom. The third-order valence-corrected chi connectivity index (χ3v) is 5.96. The van der Waals surface area contributed by atoms with Gasteiger partial charge >= 0.3 is 5.97 Å². The molecule has 1 saturated heterocycles. The van der Waals surface area contributed by atoms with Crippen molar-refractivity contribution in [2.75, 3.05) is 19.6 Å². The van der Waals surface area contributed by atoms with Crippen LogP contribution in [-0.4, -0.2) is 40.2 Å². The van der Waals surface area contributed by atoms with Crippen LogP contribution in [0.5, 0.6) is 0 Å². The van der Waals surface area contributed by atoms with E-state index in [2.05, 4.69) is 4.90 Å². The van der Waals surface area contributed by atoms with E-state index < -0.39 is 16.7 Å². The first-order valence-electron chi connectivity index (χ1n) is 8.19. The second kappa shape index (κ2) is 6.48. The summed E-state index contributed by atoms with van der Waals surface area (Å²) < 4.78 is 15.6. The van der Waals surface area contributed by atoms with Gasteiger partial charge in [0.2, 0.25) is 0 Å². The number of alkyl halides is 1. The first-order chi connectivity index (χ1) is 11.2. The van der Waals surface area contributed by atoms with Crippen LogP contribution >= 0.6 is 18.5 Å². The number of carbonyl (C=O) groups is 1. The van der Waals surface area contributed by atoms with E-state index in [1.807, 2.05) is 18.5 Å². The van der Waals surface area contributed by atoms with Crippen LogP contribution in [0.15, 0.2) is 16.9 Å². The molecule has 0 aromatic carbocycles. The van der Waals surface area contributed by atoms with Crippen molar-refractivity contribution in [2.24, 2.45) is 5.41 Å². The second-order valence-electron chi connectivity index (χ2n) is 7.04. The van der Waals surface area contributed by atoms with Crippen LogP contribution in [0.25, 0.3) is 0 Å². The lowest BCUT2D eigenvalue weighted by Gasteiger charge is -2.38. The largest absolute Gasteiger partial charge is 0.477 e. The molecule has 1 saturated carbocycles. The average molecular weight is 372 g/mol. The number of hydrogen-bond donors (Lipinski definition) is 1. The molecular formula is C16H23FN2O3P2. The number of aromatic nitrogens is 1. The van der Waals surface area contributed by atoms with E-state index in [9.17, 15) is 14.0 Å². The molecule has 2 atom stereocenters. The molecule has 1 aromatic heterocycles. The van der Waals surface area contributed by atoms with Crippen molar-refractivity contribution in [3.05, 3.63) is 33.7 Å². The summed E-state index contributed by atoms with van der Waals surface area (Å²) in [5, 5.41) is 7.28. The van der Waals surface area contributed by atoms with Gasteiger partial charge in [-0.1, -0.05) is 24.9 Å². The van der Waals surface area contributed by atoms with Gasteiger partial charge in [-0.3, -0.25) is 4.79 Å². The predicted molar refractivity (Wildman–Crippen MR) is 97.2 cm³/mol. The number of rotatable bonds is 5. The highest BCUT2D eigenvalue weighted by Gasteiger charge is 2.42.